The summed E-state index contributed by atoms with van der Waals surface area (Å²) in [6.45, 7) is 1.32. The number of aliphatic hydroxyl groups excluding tert-OH is 2. The van der Waals surface area contributed by atoms with Crippen LogP contribution in [0.2, 0.25) is 0 Å². The van der Waals surface area contributed by atoms with E-state index in [2.05, 4.69) is 0 Å². The van der Waals surface area contributed by atoms with Crippen LogP contribution in [0.15, 0.2) is 42.5 Å². The maximum Gasteiger partial charge on any atom is 0.171 e. The fourth-order valence-corrected chi connectivity index (χ4v) is 4.32. The van der Waals surface area contributed by atoms with Crippen LogP contribution in [-0.4, -0.2) is 35.3 Å². The number of rotatable bonds is 3. The molecule has 0 radical (unpaired) electrons. The number of fused-ring (bicyclic) bond motifs is 2. The van der Waals surface area contributed by atoms with Crippen molar-refractivity contribution >= 4 is 0 Å². The maximum atomic E-state index is 10.4. The minimum absolute atomic E-state index is 0.0850. The molecular weight excluding hydrogens is 280 g/mol. The molecule has 1 aromatic rings. The van der Waals surface area contributed by atoms with Crippen molar-refractivity contribution in [1.29, 1.82) is 0 Å². The van der Waals surface area contributed by atoms with Gasteiger partial charge in [-0.2, -0.15) is 0 Å². The summed E-state index contributed by atoms with van der Waals surface area (Å²) in [4.78, 5) is 0. The molecule has 2 saturated carbocycles. The van der Waals surface area contributed by atoms with Crippen LogP contribution in [0.25, 0.3) is 0 Å². The van der Waals surface area contributed by atoms with Crippen LogP contribution in [0.5, 0.6) is 0 Å². The molecule has 0 amide bonds. The molecule has 1 aromatic carbocycles. The van der Waals surface area contributed by atoms with Crippen molar-refractivity contribution in [3.63, 3.8) is 0 Å². The van der Waals surface area contributed by atoms with E-state index >= 15 is 0 Å². The lowest BCUT2D eigenvalue weighted by Crippen LogP contribution is -2.53. The summed E-state index contributed by atoms with van der Waals surface area (Å²) in [6.07, 6.45) is 4.36. The number of hydrogen-bond acceptors (Lipinski definition) is 4. The SMILES string of the molecule is OC(C=CC1C(O)CC2C1CC21OCCO1)c1ccccc1. The van der Waals surface area contributed by atoms with E-state index in [1.807, 2.05) is 36.4 Å². The largest absolute Gasteiger partial charge is 0.392 e. The molecule has 2 N–H and O–H groups in total. The highest BCUT2D eigenvalue weighted by molar-refractivity contribution is 5.22. The van der Waals surface area contributed by atoms with Crippen molar-refractivity contribution in [2.75, 3.05) is 13.2 Å². The zero-order valence-corrected chi connectivity index (χ0v) is 12.5. The predicted octanol–water partition coefficient (Wildman–Crippen LogP) is 2.04. The highest BCUT2D eigenvalue weighted by atomic mass is 16.7. The first kappa shape index (κ1) is 14.4. The average molecular weight is 302 g/mol. The van der Waals surface area contributed by atoms with Crippen LogP contribution >= 0.6 is 0 Å². The first-order valence-electron chi connectivity index (χ1n) is 8.07. The first-order valence-corrected chi connectivity index (χ1v) is 8.07. The lowest BCUT2D eigenvalue weighted by Gasteiger charge is -2.49. The highest BCUT2D eigenvalue weighted by Crippen LogP contribution is 2.60. The van der Waals surface area contributed by atoms with Crippen molar-refractivity contribution in [1.82, 2.24) is 0 Å². The normalized spacial score (nSPS) is 37.4. The Balaban J connectivity index is 1.44. The molecule has 118 valence electrons. The molecular formula is C18H22O4. The van der Waals surface area contributed by atoms with E-state index in [1.165, 1.54) is 0 Å². The minimum atomic E-state index is -0.625. The summed E-state index contributed by atoms with van der Waals surface area (Å²) in [7, 11) is 0. The number of hydrogen-bond donors (Lipinski definition) is 2. The molecule has 5 unspecified atom stereocenters. The van der Waals surface area contributed by atoms with Gasteiger partial charge in [0.2, 0.25) is 0 Å². The molecule has 0 bridgehead atoms. The molecule has 1 saturated heterocycles. The molecule has 3 fully saturated rings. The topological polar surface area (TPSA) is 58.9 Å². The number of aliphatic hydroxyl groups is 2. The lowest BCUT2D eigenvalue weighted by atomic mass is 9.67. The molecule has 3 aliphatic rings. The molecule has 22 heavy (non-hydrogen) atoms. The molecule has 5 atom stereocenters. The maximum absolute atomic E-state index is 10.4. The first-order chi connectivity index (χ1) is 10.7. The van der Waals surface area contributed by atoms with Crippen LogP contribution in [0, 0.1) is 17.8 Å². The van der Waals surface area contributed by atoms with Gasteiger partial charge < -0.3 is 19.7 Å². The Labute approximate surface area is 130 Å². The Kier molecular flexibility index (Phi) is 3.57. The molecule has 4 heteroatoms. The van der Waals surface area contributed by atoms with Gasteiger partial charge in [0.15, 0.2) is 5.79 Å². The molecule has 1 spiro atoms. The van der Waals surface area contributed by atoms with Crippen LogP contribution < -0.4 is 0 Å². The van der Waals surface area contributed by atoms with Gasteiger partial charge in [0.05, 0.1) is 25.4 Å². The van der Waals surface area contributed by atoms with Gasteiger partial charge in [-0.05, 0) is 17.9 Å². The average Bonchev–Trinajstić information content (AvgIpc) is 3.12. The molecule has 0 aromatic heterocycles. The van der Waals surface area contributed by atoms with E-state index in [0.717, 1.165) is 18.4 Å². The van der Waals surface area contributed by atoms with Gasteiger partial charge in [0.1, 0.15) is 0 Å². The summed E-state index contributed by atoms with van der Waals surface area (Å²) in [5.41, 5.74) is 0.871. The van der Waals surface area contributed by atoms with Crippen molar-refractivity contribution in [2.45, 2.75) is 30.8 Å². The summed E-state index contributed by atoms with van der Waals surface area (Å²) >= 11 is 0. The zero-order chi connectivity index (χ0) is 15.2. The van der Waals surface area contributed by atoms with E-state index in [0.29, 0.717) is 19.1 Å². The molecule has 4 nitrogen and oxygen atoms in total. The van der Waals surface area contributed by atoms with E-state index < -0.39 is 11.9 Å². The number of benzene rings is 1. The zero-order valence-electron chi connectivity index (χ0n) is 12.5. The fraction of sp³-hybridized carbons (Fsp3) is 0.556. The summed E-state index contributed by atoms with van der Waals surface area (Å²) in [6, 6.07) is 9.57. The Morgan fingerprint density at radius 1 is 1.18 bits per heavy atom. The summed E-state index contributed by atoms with van der Waals surface area (Å²) in [5, 5.41) is 20.6. The summed E-state index contributed by atoms with van der Waals surface area (Å²) < 4.78 is 11.6. The van der Waals surface area contributed by atoms with Gasteiger partial charge >= 0.3 is 0 Å². The Hall–Kier alpha value is -1.20. The van der Waals surface area contributed by atoms with Crippen LogP contribution in [-0.2, 0) is 9.47 Å². The number of ether oxygens (including phenoxy) is 2. The van der Waals surface area contributed by atoms with Gasteiger partial charge in [-0.1, -0.05) is 42.5 Å². The van der Waals surface area contributed by atoms with Crippen molar-refractivity contribution in [3.8, 4) is 0 Å². The Morgan fingerprint density at radius 3 is 2.64 bits per heavy atom. The van der Waals surface area contributed by atoms with Gasteiger partial charge in [-0.25, -0.2) is 0 Å². The monoisotopic (exact) mass is 302 g/mol. The Bertz CT molecular complexity index is 549. The standard InChI is InChI=1S/C18H22O4/c19-16(12-4-2-1-3-5-12)7-6-13-14-11-18(21-8-9-22-18)15(14)10-17(13)20/h1-7,13-17,19-20H,8-11H2. The third kappa shape index (κ3) is 2.22. The van der Waals surface area contributed by atoms with Gasteiger partial charge in [0.25, 0.3) is 0 Å². The van der Waals surface area contributed by atoms with E-state index in [4.69, 9.17) is 9.47 Å². The van der Waals surface area contributed by atoms with Crippen LogP contribution in [0.4, 0.5) is 0 Å². The molecule has 1 heterocycles. The van der Waals surface area contributed by atoms with Crippen molar-refractivity contribution in [2.24, 2.45) is 17.8 Å². The third-order valence-corrected chi connectivity index (χ3v) is 5.47. The van der Waals surface area contributed by atoms with E-state index in [-0.39, 0.29) is 17.9 Å². The minimum Gasteiger partial charge on any atom is -0.392 e. The van der Waals surface area contributed by atoms with Gasteiger partial charge in [0, 0.05) is 18.3 Å². The smallest absolute Gasteiger partial charge is 0.171 e. The van der Waals surface area contributed by atoms with Crippen LogP contribution in [0.3, 0.4) is 0 Å². The van der Waals surface area contributed by atoms with E-state index in [9.17, 15) is 10.2 Å². The second kappa shape index (κ2) is 5.46. The van der Waals surface area contributed by atoms with Crippen LogP contribution in [0.1, 0.15) is 24.5 Å². The third-order valence-electron chi connectivity index (χ3n) is 5.47. The second-order valence-electron chi connectivity index (χ2n) is 6.60. The van der Waals surface area contributed by atoms with Crippen molar-refractivity contribution < 1.29 is 19.7 Å². The molecule has 1 aliphatic heterocycles. The van der Waals surface area contributed by atoms with Gasteiger partial charge in [-0.15, -0.1) is 0 Å². The fourth-order valence-electron chi connectivity index (χ4n) is 4.32. The quantitative estimate of drug-likeness (QED) is 0.839. The lowest BCUT2D eigenvalue weighted by molar-refractivity contribution is -0.270. The molecule has 4 rings (SSSR count). The highest BCUT2D eigenvalue weighted by Gasteiger charge is 2.64. The second-order valence-corrected chi connectivity index (χ2v) is 6.60. The predicted molar refractivity (Wildman–Crippen MR) is 80.9 cm³/mol. The Morgan fingerprint density at radius 2 is 1.91 bits per heavy atom. The molecule has 2 aliphatic carbocycles. The summed E-state index contributed by atoms with van der Waals surface area (Å²) in [5.74, 6) is 0.342. The van der Waals surface area contributed by atoms with Gasteiger partial charge in [-0.3, -0.25) is 0 Å². The van der Waals surface area contributed by atoms with Crippen molar-refractivity contribution in [3.05, 3.63) is 48.0 Å². The van der Waals surface area contributed by atoms with E-state index in [1.54, 1.807) is 6.08 Å².